The number of rotatable bonds is 7. The van der Waals surface area contributed by atoms with Crippen LogP contribution < -0.4 is 10.6 Å². The van der Waals surface area contributed by atoms with Crippen LogP contribution in [0.3, 0.4) is 0 Å². The second-order valence-corrected chi connectivity index (χ2v) is 4.11. The van der Waals surface area contributed by atoms with Gasteiger partial charge in [-0.15, -0.1) is 0 Å². The maximum Gasteiger partial charge on any atom is 0.229 e. The van der Waals surface area contributed by atoms with Crippen LogP contribution in [0, 0.1) is 0 Å². The molecule has 0 aliphatic carbocycles. The van der Waals surface area contributed by atoms with Crippen LogP contribution in [-0.4, -0.2) is 24.9 Å². The average Bonchev–Trinajstić information content (AvgIpc) is 2.37. The van der Waals surface area contributed by atoms with E-state index in [2.05, 4.69) is 10.6 Å². The summed E-state index contributed by atoms with van der Waals surface area (Å²) in [4.78, 5) is 22.7. The normalized spacial score (nSPS) is 9.83. The van der Waals surface area contributed by atoms with Crippen molar-refractivity contribution in [1.82, 2.24) is 10.6 Å². The van der Waals surface area contributed by atoms with Gasteiger partial charge in [0.1, 0.15) is 6.42 Å². The van der Waals surface area contributed by atoms with Crippen LogP contribution in [-0.2, 0) is 16.0 Å². The first-order valence-electron chi connectivity index (χ1n) is 6.29. The Morgan fingerprint density at radius 2 is 1.61 bits per heavy atom. The zero-order valence-electron chi connectivity index (χ0n) is 10.7. The third-order valence-corrected chi connectivity index (χ3v) is 2.47. The van der Waals surface area contributed by atoms with Crippen LogP contribution in [0.1, 0.15) is 25.3 Å². The van der Waals surface area contributed by atoms with Crippen molar-refractivity contribution in [3.63, 3.8) is 0 Å². The Morgan fingerprint density at radius 1 is 1.00 bits per heavy atom. The fraction of sp³-hybridized carbons (Fsp3) is 0.429. The van der Waals surface area contributed by atoms with Crippen LogP contribution >= 0.6 is 0 Å². The van der Waals surface area contributed by atoms with Gasteiger partial charge in [-0.25, -0.2) is 0 Å². The first-order valence-corrected chi connectivity index (χ1v) is 6.29. The van der Waals surface area contributed by atoms with Gasteiger partial charge >= 0.3 is 0 Å². The van der Waals surface area contributed by atoms with E-state index < -0.39 is 0 Å². The van der Waals surface area contributed by atoms with Gasteiger partial charge in [-0.1, -0.05) is 37.3 Å². The molecule has 0 aromatic heterocycles. The van der Waals surface area contributed by atoms with E-state index in [0.29, 0.717) is 13.1 Å². The summed E-state index contributed by atoms with van der Waals surface area (Å²) in [5.41, 5.74) is 1.17. The third kappa shape index (κ3) is 6.03. The zero-order valence-corrected chi connectivity index (χ0v) is 10.7. The number of hydrogen-bond acceptors (Lipinski definition) is 2. The van der Waals surface area contributed by atoms with Crippen LogP contribution in [0.5, 0.6) is 0 Å². The molecular formula is C14H20N2O2. The van der Waals surface area contributed by atoms with Crippen molar-refractivity contribution in [2.24, 2.45) is 0 Å². The molecule has 0 spiro atoms. The summed E-state index contributed by atoms with van der Waals surface area (Å²) in [6.45, 7) is 3.15. The zero-order chi connectivity index (χ0) is 13.2. The van der Waals surface area contributed by atoms with Crippen molar-refractivity contribution in [3.05, 3.63) is 35.9 Å². The predicted molar refractivity (Wildman–Crippen MR) is 71.1 cm³/mol. The van der Waals surface area contributed by atoms with Gasteiger partial charge in [-0.05, 0) is 18.4 Å². The standard InChI is InChI=1S/C14H20N2O2/c1-2-9-15-13(17)11-14(18)16-10-8-12-6-4-3-5-7-12/h3-7H,2,8-11H2,1H3,(H,15,17)(H,16,18). The maximum atomic E-state index is 11.4. The number of amides is 2. The minimum atomic E-state index is -0.223. The molecule has 4 heteroatoms. The van der Waals surface area contributed by atoms with Crippen molar-refractivity contribution in [2.45, 2.75) is 26.2 Å². The van der Waals surface area contributed by atoms with Crippen LogP contribution in [0.15, 0.2) is 30.3 Å². The average molecular weight is 248 g/mol. The number of carbonyl (C=O) groups is 2. The summed E-state index contributed by atoms with van der Waals surface area (Å²) < 4.78 is 0. The van der Waals surface area contributed by atoms with Crippen molar-refractivity contribution in [3.8, 4) is 0 Å². The highest BCUT2D eigenvalue weighted by molar-refractivity contribution is 5.96. The van der Waals surface area contributed by atoms with Gasteiger partial charge in [-0.2, -0.15) is 0 Å². The van der Waals surface area contributed by atoms with Crippen molar-refractivity contribution >= 4 is 11.8 Å². The Balaban J connectivity index is 2.15. The van der Waals surface area contributed by atoms with E-state index in [-0.39, 0.29) is 18.2 Å². The summed E-state index contributed by atoms with van der Waals surface area (Å²) in [6.07, 6.45) is 1.57. The first-order chi connectivity index (χ1) is 8.72. The minimum absolute atomic E-state index is 0.0885. The largest absolute Gasteiger partial charge is 0.356 e. The van der Waals surface area contributed by atoms with E-state index >= 15 is 0 Å². The Kier molecular flexibility index (Phi) is 6.54. The van der Waals surface area contributed by atoms with E-state index in [9.17, 15) is 9.59 Å². The number of carbonyl (C=O) groups excluding carboxylic acids is 2. The molecule has 0 atom stereocenters. The molecule has 4 nitrogen and oxygen atoms in total. The van der Waals surface area contributed by atoms with E-state index in [1.54, 1.807) is 0 Å². The van der Waals surface area contributed by atoms with Crippen molar-refractivity contribution in [1.29, 1.82) is 0 Å². The number of nitrogens with one attached hydrogen (secondary N) is 2. The molecular weight excluding hydrogens is 228 g/mol. The number of hydrogen-bond donors (Lipinski definition) is 2. The molecule has 0 fully saturated rings. The van der Waals surface area contributed by atoms with Gasteiger partial charge in [0.25, 0.3) is 0 Å². The Bertz CT molecular complexity index is 377. The smallest absolute Gasteiger partial charge is 0.229 e. The monoisotopic (exact) mass is 248 g/mol. The molecule has 0 bridgehead atoms. The van der Waals surface area contributed by atoms with Gasteiger partial charge in [0, 0.05) is 13.1 Å². The van der Waals surface area contributed by atoms with Gasteiger partial charge in [0.15, 0.2) is 0 Å². The first kappa shape index (κ1) is 14.2. The Morgan fingerprint density at radius 3 is 2.22 bits per heavy atom. The van der Waals surface area contributed by atoms with Crippen molar-refractivity contribution in [2.75, 3.05) is 13.1 Å². The summed E-state index contributed by atoms with van der Waals surface area (Å²) in [5.74, 6) is -0.436. The van der Waals surface area contributed by atoms with Crippen LogP contribution in [0.2, 0.25) is 0 Å². The molecule has 0 radical (unpaired) electrons. The highest BCUT2D eigenvalue weighted by atomic mass is 16.2. The lowest BCUT2D eigenvalue weighted by molar-refractivity contribution is -0.129. The molecule has 2 N–H and O–H groups in total. The molecule has 0 aliphatic heterocycles. The number of benzene rings is 1. The summed E-state index contributed by atoms with van der Waals surface area (Å²) in [6, 6.07) is 9.92. The lowest BCUT2D eigenvalue weighted by Crippen LogP contribution is -2.33. The molecule has 0 saturated heterocycles. The van der Waals surface area contributed by atoms with Gasteiger partial charge in [0.05, 0.1) is 0 Å². The Labute approximate surface area is 108 Å². The van der Waals surface area contributed by atoms with Gasteiger partial charge < -0.3 is 10.6 Å². The highest BCUT2D eigenvalue weighted by Crippen LogP contribution is 1.98. The van der Waals surface area contributed by atoms with E-state index in [0.717, 1.165) is 12.8 Å². The third-order valence-electron chi connectivity index (χ3n) is 2.47. The molecule has 1 rings (SSSR count). The second kappa shape index (κ2) is 8.28. The SMILES string of the molecule is CCCNC(=O)CC(=O)NCCc1ccccc1. The summed E-state index contributed by atoms with van der Waals surface area (Å²) in [5, 5.41) is 5.41. The molecule has 18 heavy (non-hydrogen) atoms. The van der Waals surface area contributed by atoms with E-state index in [1.807, 2.05) is 37.3 Å². The summed E-state index contributed by atoms with van der Waals surface area (Å²) >= 11 is 0. The van der Waals surface area contributed by atoms with Gasteiger partial charge in [0.2, 0.25) is 11.8 Å². The second-order valence-electron chi connectivity index (χ2n) is 4.11. The minimum Gasteiger partial charge on any atom is -0.356 e. The molecule has 1 aromatic carbocycles. The van der Waals surface area contributed by atoms with E-state index in [1.165, 1.54) is 5.56 Å². The van der Waals surface area contributed by atoms with Crippen LogP contribution in [0.25, 0.3) is 0 Å². The highest BCUT2D eigenvalue weighted by Gasteiger charge is 2.07. The summed E-state index contributed by atoms with van der Waals surface area (Å²) in [7, 11) is 0. The molecule has 0 heterocycles. The Hall–Kier alpha value is -1.84. The molecule has 2 amide bonds. The van der Waals surface area contributed by atoms with Crippen LogP contribution in [0.4, 0.5) is 0 Å². The lowest BCUT2D eigenvalue weighted by Gasteiger charge is -2.06. The lowest BCUT2D eigenvalue weighted by atomic mass is 10.1. The topological polar surface area (TPSA) is 58.2 Å². The maximum absolute atomic E-state index is 11.4. The predicted octanol–water partition coefficient (Wildman–Crippen LogP) is 1.26. The molecule has 0 unspecified atom stereocenters. The molecule has 1 aromatic rings. The van der Waals surface area contributed by atoms with E-state index in [4.69, 9.17) is 0 Å². The quantitative estimate of drug-likeness (QED) is 0.714. The molecule has 98 valence electrons. The fourth-order valence-corrected chi connectivity index (χ4v) is 1.53. The molecule has 0 aliphatic rings. The van der Waals surface area contributed by atoms with Crippen molar-refractivity contribution < 1.29 is 9.59 Å². The van der Waals surface area contributed by atoms with Gasteiger partial charge in [-0.3, -0.25) is 9.59 Å². The molecule has 0 saturated carbocycles. The fourth-order valence-electron chi connectivity index (χ4n) is 1.53.